The number of benzene rings is 1. The maximum absolute atomic E-state index is 13.2. The quantitative estimate of drug-likeness (QED) is 0.886. The first-order chi connectivity index (χ1) is 12.5. The monoisotopic (exact) mass is 372 g/mol. The third-order valence-electron chi connectivity index (χ3n) is 4.57. The molecular formula is C19H18ClFN4O. The Balaban J connectivity index is 1.60. The Morgan fingerprint density at radius 3 is 2.73 bits per heavy atom. The van der Waals surface area contributed by atoms with Crippen molar-refractivity contribution in [3.63, 3.8) is 0 Å². The molecule has 1 fully saturated rings. The zero-order valence-corrected chi connectivity index (χ0v) is 15.1. The number of pyridine rings is 1. The minimum Gasteiger partial charge on any atom is -0.357 e. The first-order valence-electron chi connectivity index (χ1n) is 8.36. The molecule has 2 heterocycles. The molecule has 1 N–H and O–H groups in total. The SMILES string of the molecule is Cc1ccc(N2CCC(C(=O)Nc3ccc(F)c(Cl)c3)CC2)nc1C#N. The lowest BCUT2D eigenvalue weighted by Gasteiger charge is -2.32. The van der Waals surface area contributed by atoms with E-state index in [4.69, 9.17) is 16.9 Å². The van der Waals surface area contributed by atoms with E-state index >= 15 is 0 Å². The van der Waals surface area contributed by atoms with Crippen molar-refractivity contribution < 1.29 is 9.18 Å². The number of nitrogens with zero attached hydrogens (tertiary/aromatic N) is 3. The number of aromatic nitrogens is 1. The van der Waals surface area contributed by atoms with E-state index in [1.165, 1.54) is 18.2 Å². The average Bonchev–Trinajstić information content (AvgIpc) is 2.65. The number of anilines is 2. The summed E-state index contributed by atoms with van der Waals surface area (Å²) in [5.74, 6) is 0.0227. The molecular weight excluding hydrogens is 355 g/mol. The Bertz CT molecular complexity index is 872. The lowest BCUT2D eigenvalue weighted by atomic mass is 9.95. The molecule has 1 aromatic heterocycles. The Hall–Kier alpha value is -2.65. The van der Waals surface area contributed by atoms with Crippen molar-refractivity contribution >= 4 is 29.0 Å². The van der Waals surface area contributed by atoms with Gasteiger partial charge >= 0.3 is 0 Å². The van der Waals surface area contributed by atoms with Crippen molar-refractivity contribution in [3.8, 4) is 6.07 Å². The van der Waals surface area contributed by atoms with E-state index in [1.807, 2.05) is 19.1 Å². The van der Waals surface area contributed by atoms with Gasteiger partial charge < -0.3 is 10.2 Å². The Morgan fingerprint density at radius 1 is 1.35 bits per heavy atom. The zero-order chi connectivity index (χ0) is 18.7. The van der Waals surface area contributed by atoms with Gasteiger partial charge in [0.1, 0.15) is 23.4 Å². The summed E-state index contributed by atoms with van der Waals surface area (Å²) in [4.78, 5) is 18.9. The van der Waals surface area contributed by atoms with Crippen LogP contribution >= 0.6 is 11.6 Å². The van der Waals surface area contributed by atoms with Crippen LogP contribution in [0.15, 0.2) is 30.3 Å². The third-order valence-corrected chi connectivity index (χ3v) is 4.85. The topological polar surface area (TPSA) is 69.0 Å². The highest BCUT2D eigenvalue weighted by Crippen LogP contribution is 2.25. The molecule has 1 aliphatic rings. The summed E-state index contributed by atoms with van der Waals surface area (Å²) in [6.45, 7) is 3.22. The first kappa shape index (κ1) is 18.2. The van der Waals surface area contributed by atoms with Gasteiger partial charge in [-0.2, -0.15) is 5.26 Å². The number of nitrogens with one attached hydrogen (secondary N) is 1. The maximum Gasteiger partial charge on any atom is 0.227 e. The molecule has 0 radical (unpaired) electrons. The number of rotatable bonds is 3. The van der Waals surface area contributed by atoms with Crippen LogP contribution in [-0.2, 0) is 4.79 Å². The van der Waals surface area contributed by atoms with Crippen LogP contribution in [0.3, 0.4) is 0 Å². The largest absolute Gasteiger partial charge is 0.357 e. The number of halogens is 2. The fraction of sp³-hybridized carbons (Fsp3) is 0.316. The van der Waals surface area contributed by atoms with E-state index in [0.717, 1.165) is 11.4 Å². The summed E-state index contributed by atoms with van der Waals surface area (Å²) >= 11 is 5.74. The van der Waals surface area contributed by atoms with Crippen molar-refractivity contribution in [1.82, 2.24) is 4.98 Å². The van der Waals surface area contributed by atoms with Crippen LogP contribution in [0.2, 0.25) is 5.02 Å². The van der Waals surface area contributed by atoms with Gasteiger partial charge in [0.05, 0.1) is 5.02 Å². The normalized spacial score (nSPS) is 14.8. The number of nitriles is 1. The van der Waals surface area contributed by atoms with Crippen molar-refractivity contribution in [1.29, 1.82) is 5.26 Å². The molecule has 26 heavy (non-hydrogen) atoms. The second kappa shape index (κ2) is 7.71. The molecule has 0 spiro atoms. The number of carbonyl (C=O) groups excluding carboxylic acids is 1. The highest BCUT2D eigenvalue weighted by molar-refractivity contribution is 6.31. The van der Waals surface area contributed by atoms with Crippen LogP contribution in [0.25, 0.3) is 0 Å². The third kappa shape index (κ3) is 3.94. The fourth-order valence-corrected chi connectivity index (χ4v) is 3.18. The van der Waals surface area contributed by atoms with Gasteiger partial charge in [-0.1, -0.05) is 17.7 Å². The van der Waals surface area contributed by atoms with Crippen LogP contribution in [0.1, 0.15) is 24.1 Å². The molecule has 0 bridgehead atoms. The van der Waals surface area contributed by atoms with Crippen molar-refractivity contribution in [2.45, 2.75) is 19.8 Å². The van der Waals surface area contributed by atoms with Gasteiger partial charge in [0, 0.05) is 24.7 Å². The molecule has 0 aliphatic carbocycles. The first-order valence-corrected chi connectivity index (χ1v) is 8.74. The summed E-state index contributed by atoms with van der Waals surface area (Å²) in [6.07, 6.45) is 1.36. The number of hydrogen-bond donors (Lipinski definition) is 1. The number of amides is 1. The molecule has 7 heteroatoms. The molecule has 5 nitrogen and oxygen atoms in total. The van der Waals surface area contributed by atoms with Gasteiger partial charge in [0.25, 0.3) is 0 Å². The summed E-state index contributed by atoms with van der Waals surface area (Å²) in [5, 5.41) is 11.9. The summed E-state index contributed by atoms with van der Waals surface area (Å²) in [5.41, 5.74) is 1.77. The van der Waals surface area contributed by atoms with E-state index < -0.39 is 5.82 Å². The minimum atomic E-state index is -0.514. The molecule has 1 amide bonds. The molecule has 0 unspecified atom stereocenters. The predicted molar refractivity (Wildman–Crippen MR) is 98.7 cm³/mol. The van der Waals surface area contributed by atoms with Crippen LogP contribution in [0.4, 0.5) is 15.9 Å². The smallest absolute Gasteiger partial charge is 0.227 e. The Labute approximate surface area is 156 Å². The second-order valence-corrected chi connectivity index (χ2v) is 6.73. The highest BCUT2D eigenvalue weighted by atomic mass is 35.5. The zero-order valence-electron chi connectivity index (χ0n) is 14.3. The standard InChI is InChI=1S/C19H18ClFN4O/c1-12-2-5-18(24-17(12)11-22)25-8-6-13(7-9-25)19(26)23-14-3-4-16(21)15(20)10-14/h2-5,10,13H,6-9H2,1H3,(H,23,26). The van der Waals surface area contributed by atoms with Gasteiger partial charge in [0.2, 0.25) is 5.91 Å². The van der Waals surface area contributed by atoms with Gasteiger partial charge in [-0.05, 0) is 49.6 Å². The van der Waals surface area contributed by atoms with E-state index in [9.17, 15) is 9.18 Å². The molecule has 134 valence electrons. The molecule has 0 atom stereocenters. The molecule has 1 aliphatic heterocycles. The molecule has 1 aromatic carbocycles. The number of carbonyl (C=O) groups is 1. The van der Waals surface area contributed by atoms with Crippen molar-refractivity contribution in [2.24, 2.45) is 5.92 Å². The second-order valence-electron chi connectivity index (χ2n) is 6.33. The maximum atomic E-state index is 13.2. The Kier molecular flexibility index (Phi) is 5.38. The molecule has 0 saturated carbocycles. The molecule has 2 aromatic rings. The minimum absolute atomic E-state index is 0.0173. The molecule has 3 rings (SSSR count). The number of aryl methyl sites for hydroxylation is 1. The predicted octanol–water partition coefficient (Wildman–Crippen LogP) is 3.91. The lowest BCUT2D eigenvalue weighted by Crippen LogP contribution is -2.38. The van der Waals surface area contributed by atoms with Crippen molar-refractivity contribution in [2.75, 3.05) is 23.3 Å². The van der Waals surface area contributed by atoms with E-state index in [1.54, 1.807) is 0 Å². The van der Waals surface area contributed by atoms with Crippen LogP contribution < -0.4 is 10.2 Å². The van der Waals surface area contributed by atoms with Gasteiger partial charge in [0.15, 0.2) is 0 Å². The van der Waals surface area contributed by atoms with Crippen LogP contribution in [0.5, 0.6) is 0 Å². The van der Waals surface area contributed by atoms with Gasteiger partial charge in [-0.15, -0.1) is 0 Å². The average molecular weight is 373 g/mol. The van der Waals surface area contributed by atoms with E-state index in [2.05, 4.69) is 21.3 Å². The number of hydrogen-bond acceptors (Lipinski definition) is 4. The fourth-order valence-electron chi connectivity index (χ4n) is 3.00. The van der Waals surface area contributed by atoms with Crippen molar-refractivity contribution in [3.05, 3.63) is 52.4 Å². The van der Waals surface area contributed by atoms with E-state index in [0.29, 0.717) is 37.3 Å². The van der Waals surface area contributed by atoms with Gasteiger partial charge in [-0.3, -0.25) is 4.79 Å². The van der Waals surface area contributed by atoms with Crippen LogP contribution in [-0.4, -0.2) is 24.0 Å². The summed E-state index contributed by atoms with van der Waals surface area (Å²) in [7, 11) is 0. The highest BCUT2D eigenvalue weighted by Gasteiger charge is 2.26. The van der Waals surface area contributed by atoms with Crippen LogP contribution in [0, 0.1) is 30.0 Å². The molecule has 1 saturated heterocycles. The number of piperidine rings is 1. The van der Waals surface area contributed by atoms with E-state index in [-0.39, 0.29) is 16.8 Å². The summed E-state index contributed by atoms with van der Waals surface area (Å²) in [6, 6.07) is 10.0. The lowest BCUT2D eigenvalue weighted by molar-refractivity contribution is -0.120. The summed E-state index contributed by atoms with van der Waals surface area (Å²) < 4.78 is 13.2. The van der Waals surface area contributed by atoms with Gasteiger partial charge in [-0.25, -0.2) is 9.37 Å². The Morgan fingerprint density at radius 2 is 2.08 bits per heavy atom.